The van der Waals surface area contributed by atoms with E-state index in [4.69, 9.17) is 0 Å². The number of phenols is 3. The Kier molecular flexibility index (Phi) is 4.69. The van der Waals surface area contributed by atoms with E-state index in [9.17, 15) is 20.1 Å². The standard InChI is InChI=1S/C15H10Br2O4/c16-9-5-8(15(21)12(17)6-9)1-4-13(19)11-3-2-10(18)7-14(11)20/h1-7,18,20-21H/b4-1+. The van der Waals surface area contributed by atoms with Crippen molar-refractivity contribution in [3.63, 3.8) is 0 Å². The zero-order chi connectivity index (χ0) is 15.6. The molecule has 0 saturated carbocycles. The Morgan fingerprint density at radius 1 is 1.05 bits per heavy atom. The zero-order valence-corrected chi connectivity index (χ0v) is 13.7. The molecule has 3 N–H and O–H groups in total. The van der Waals surface area contributed by atoms with E-state index in [1.165, 1.54) is 24.3 Å². The predicted octanol–water partition coefficient (Wildman–Crippen LogP) is 4.22. The average molecular weight is 414 g/mol. The van der Waals surface area contributed by atoms with E-state index < -0.39 is 5.78 Å². The quantitative estimate of drug-likeness (QED) is 0.519. The summed E-state index contributed by atoms with van der Waals surface area (Å²) < 4.78 is 1.24. The second-order valence-electron chi connectivity index (χ2n) is 4.22. The molecule has 0 aliphatic carbocycles. The molecule has 0 unspecified atom stereocenters. The number of phenolic OH excluding ortho intramolecular Hbond substituents is 3. The Morgan fingerprint density at radius 3 is 2.43 bits per heavy atom. The predicted molar refractivity (Wildman–Crippen MR) is 86.6 cm³/mol. The Balaban J connectivity index is 2.31. The summed E-state index contributed by atoms with van der Waals surface area (Å²) in [5.41, 5.74) is 0.514. The van der Waals surface area contributed by atoms with Crippen LogP contribution < -0.4 is 0 Å². The lowest BCUT2D eigenvalue weighted by Crippen LogP contribution is -1.94. The van der Waals surface area contributed by atoms with Crippen LogP contribution >= 0.6 is 31.9 Å². The fourth-order valence-electron chi connectivity index (χ4n) is 1.70. The Morgan fingerprint density at radius 2 is 1.76 bits per heavy atom. The third kappa shape index (κ3) is 3.65. The smallest absolute Gasteiger partial charge is 0.189 e. The molecule has 2 aromatic carbocycles. The van der Waals surface area contributed by atoms with Gasteiger partial charge in [0.15, 0.2) is 5.78 Å². The molecule has 0 fully saturated rings. The maximum absolute atomic E-state index is 12.0. The number of hydrogen-bond acceptors (Lipinski definition) is 4. The van der Waals surface area contributed by atoms with Gasteiger partial charge in [0, 0.05) is 16.1 Å². The van der Waals surface area contributed by atoms with Crippen molar-refractivity contribution in [2.24, 2.45) is 0 Å². The molecule has 0 heterocycles. The maximum atomic E-state index is 12.0. The molecule has 0 aliphatic heterocycles. The number of carbonyl (C=O) groups excluding carboxylic acids is 1. The third-order valence-electron chi connectivity index (χ3n) is 2.72. The van der Waals surface area contributed by atoms with Gasteiger partial charge in [-0.15, -0.1) is 0 Å². The van der Waals surface area contributed by atoms with Crippen LogP contribution in [0.4, 0.5) is 0 Å². The van der Waals surface area contributed by atoms with Gasteiger partial charge in [0.25, 0.3) is 0 Å². The van der Waals surface area contributed by atoms with Gasteiger partial charge in [0.1, 0.15) is 17.2 Å². The molecular formula is C15H10Br2O4. The highest BCUT2D eigenvalue weighted by molar-refractivity contribution is 9.11. The topological polar surface area (TPSA) is 77.8 Å². The van der Waals surface area contributed by atoms with Gasteiger partial charge in [0.05, 0.1) is 10.0 Å². The van der Waals surface area contributed by atoms with Crippen LogP contribution in [0.1, 0.15) is 15.9 Å². The number of allylic oxidation sites excluding steroid dienone is 1. The number of rotatable bonds is 3. The summed E-state index contributed by atoms with van der Waals surface area (Å²) in [5.74, 6) is -0.855. The van der Waals surface area contributed by atoms with Crippen molar-refractivity contribution in [2.45, 2.75) is 0 Å². The monoisotopic (exact) mass is 412 g/mol. The SMILES string of the molecule is O=C(/C=C/c1cc(Br)cc(Br)c1O)c1ccc(O)cc1O. The van der Waals surface area contributed by atoms with Crippen LogP contribution in [0.5, 0.6) is 17.2 Å². The maximum Gasteiger partial charge on any atom is 0.189 e. The summed E-state index contributed by atoms with van der Waals surface area (Å²) in [6.45, 7) is 0. The fraction of sp³-hybridized carbons (Fsp3) is 0. The van der Waals surface area contributed by atoms with Crippen LogP contribution in [0.25, 0.3) is 6.08 Å². The molecule has 108 valence electrons. The fourth-order valence-corrected chi connectivity index (χ4v) is 2.95. The Hall–Kier alpha value is -1.79. The normalized spacial score (nSPS) is 11.0. The van der Waals surface area contributed by atoms with Crippen LogP contribution in [0.15, 0.2) is 45.4 Å². The van der Waals surface area contributed by atoms with E-state index >= 15 is 0 Å². The van der Waals surface area contributed by atoms with Gasteiger partial charge in [-0.05, 0) is 52.3 Å². The molecular weight excluding hydrogens is 404 g/mol. The van der Waals surface area contributed by atoms with Crippen molar-refractivity contribution in [3.8, 4) is 17.2 Å². The molecule has 4 nitrogen and oxygen atoms in total. The number of ketones is 1. The molecule has 0 bridgehead atoms. The summed E-state index contributed by atoms with van der Waals surface area (Å²) in [5, 5.41) is 28.7. The summed E-state index contributed by atoms with van der Waals surface area (Å²) in [6.07, 6.45) is 2.68. The minimum Gasteiger partial charge on any atom is -0.508 e. The molecule has 0 spiro atoms. The minimum absolute atomic E-state index is 0.0113. The number of aromatic hydroxyl groups is 3. The summed E-state index contributed by atoms with van der Waals surface area (Å²) in [7, 11) is 0. The average Bonchev–Trinajstić information content (AvgIpc) is 2.40. The molecule has 0 amide bonds. The largest absolute Gasteiger partial charge is 0.508 e. The van der Waals surface area contributed by atoms with E-state index in [2.05, 4.69) is 31.9 Å². The first-order valence-corrected chi connectivity index (χ1v) is 7.39. The van der Waals surface area contributed by atoms with E-state index in [1.54, 1.807) is 12.1 Å². The zero-order valence-electron chi connectivity index (χ0n) is 10.5. The lowest BCUT2D eigenvalue weighted by molar-refractivity contribution is 0.104. The molecule has 21 heavy (non-hydrogen) atoms. The number of benzene rings is 2. The molecule has 0 radical (unpaired) electrons. The lowest BCUT2D eigenvalue weighted by atomic mass is 10.1. The van der Waals surface area contributed by atoms with E-state index in [1.807, 2.05) is 0 Å². The lowest BCUT2D eigenvalue weighted by Gasteiger charge is -2.04. The Bertz CT molecular complexity index is 739. The van der Waals surface area contributed by atoms with Crippen molar-refractivity contribution in [2.75, 3.05) is 0 Å². The van der Waals surface area contributed by atoms with Crippen molar-refractivity contribution in [3.05, 3.63) is 56.5 Å². The summed E-state index contributed by atoms with van der Waals surface area (Å²) >= 11 is 6.49. The third-order valence-corrected chi connectivity index (χ3v) is 3.78. The van der Waals surface area contributed by atoms with Crippen LogP contribution in [0, 0.1) is 0 Å². The van der Waals surface area contributed by atoms with Gasteiger partial charge in [-0.3, -0.25) is 4.79 Å². The second-order valence-corrected chi connectivity index (χ2v) is 5.99. The summed E-state index contributed by atoms with van der Waals surface area (Å²) in [4.78, 5) is 12.0. The molecule has 2 aromatic rings. The van der Waals surface area contributed by atoms with Gasteiger partial charge in [-0.25, -0.2) is 0 Å². The highest BCUT2D eigenvalue weighted by atomic mass is 79.9. The van der Waals surface area contributed by atoms with Crippen molar-refractivity contribution >= 4 is 43.7 Å². The number of halogens is 2. The van der Waals surface area contributed by atoms with Crippen LogP contribution in [-0.4, -0.2) is 21.1 Å². The van der Waals surface area contributed by atoms with Gasteiger partial charge in [-0.2, -0.15) is 0 Å². The van der Waals surface area contributed by atoms with Gasteiger partial charge in [0.2, 0.25) is 0 Å². The van der Waals surface area contributed by atoms with E-state index in [-0.39, 0.29) is 22.8 Å². The molecule has 0 atom stereocenters. The molecule has 6 heteroatoms. The van der Waals surface area contributed by atoms with Crippen LogP contribution in [0.3, 0.4) is 0 Å². The first-order valence-electron chi connectivity index (χ1n) is 5.81. The van der Waals surface area contributed by atoms with Crippen molar-refractivity contribution < 1.29 is 20.1 Å². The van der Waals surface area contributed by atoms with Crippen molar-refractivity contribution in [1.29, 1.82) is 0 Å². The van der Waals surface area contributed by atoms with Crippen molar-refractivity contribution in [1.82, 2.24) is 0 Å². The number of hydrogen-bond donors (Lipinski definition) is 3. The molecule has 0 aliphatic rings. The van der Waals surface area contributed by atoms with Crippen LogP contribution in [0.2, 0.25) is 0 Å². The first-order chi connectivity index (χ1) is 9.88. The first kappa shape index (κ1) is 15.6. The summed E-state index contributed by atoms with van der Waals surface area (Å²) in [6, 6.07) is 7.07. The molecule has 2 rings (SSSR count). The molecule has 0 aromatic heterocycles. The highest BCUT2D eigenvalue weighted by Crippen LogP contribution is 2.32. The van der Waals surface area contributed by atoms with Gasteiger partial charge < -0.3 is 15.3 Å². The Labute approximate surface area is 137 Å². The number of carbonyl (C=O) groups is 1. The molecule has 0 saturated heterocycles. The van der Waals surface area contributed by atoms with E-state index in [0.29, 0.717) is 10.0 Å². The minimum atomic E-state index is -0.442. The highest BCUT2D eigenvalue weighted by Gasteiger charge is 2.10. The van der Waals surface area contributed by atoms with E-state index in [0.717, 1.165) is 10.5 Å². The van der Waals surface area contributed by atoms with Gasteiger partial charge in [-0.1, -0.05) is 15.9 Å². The van der Waals surface area contributed by atoms with Crippen LogP contribution in [-0.2, 0) is 0 Å². The second kappa shape index (κ2) is 6.32. The van der Waals surface area contributed by atoms with Gasteiger partial charge >= 0.3 is 0 Å².